The van der Waals surface area contributed by atoms with E-state index >= 15 is 0 Å². The molecule has 1 atom stereocenters. The van der Waals surface area contributed by atoms with Gasteiger partial charge in [-0.25, -0.2) is 0 Å². The Labute approximate surface area is 122 Å². The maximum atomic E-state index is 12.6. The lowest BCUT2D eigenvalue weighted by Gasteiger charge is -2.23. The molecule has 1 aromatic heterocycles. The van der Waals surface area contributed by atoms with E-state index in [1.54, 1.807) is 0 Å². The van der Waals surface area contributed by atoms with E-state index in [1.165, 1.54) is 0 Å². The van der Waals surface area contributed by atoms with E-state index in [9.17, 15) is 4.79 Å². The fourth-order valence-electron chi connectivity index (χ4n) is 2.40. The van der Waals surface area contributed by atoms with Crippen LogP contribution in [0.5, 0.6) is 0 Å². The van der Waals surface area contributed by atoms with Gasteiger partial charge in [0, 0.05) is 36.9 Å². The van der Waals surface area contributed by atoms with Gasteiger partial charge in [0.1, 0.15) is 5.69 Å². The molecule has 0 radical (unpaired) electrons. The number of amides is 1. The van der Waals surface area contributed by atoms with Gasteiger partial charge in [-0.15, -0.1) is 0 Å². The molecular formula is C14H21BrN2O2. The minimum absolute atomic E-state index is 0.108. The van der Waals surface area contributed by atoms with Gasteiger partial charge in [0.2, 0.25) is 0 Å². The molecule has 1 saturated heterocycles. The van der Waals surface area contributed by atoms with Crippen LogP contribution < -0.4 is 0 Å². The van der Waals surface area contributed by atoms with Crippen molar-refractivity contribution in [2.75, 3.05) is 19.7 Å². The van der Waals surface area contributed by atoms with Crippen LogP contribution in [-0.4, -0.2) is 41.2 Å². The maximum absolute atomic E-state index is 12.6. The molecule has 1 aromatic rings. The molecule has 2 heterocycles. The minimum Gasteiger partial charge on any atom is -0.376 e. The predicted molar refractivity (Wildman–Crippen MR) is 78.4 cm³/mol. The summed E-state index contributed by atoms with van der Waals surface area (Å²) in [5, 5.41) is 0. The molecular weight excluding hydrogens is 308 g/mol. The zero-order valence-electron chi connectivity index (χ0n) is 11.6. The van der Waals surface area contributed by atoms with Crippen molar-refractivity contribution >= 4 is 21.8 Å². The molecule has 0 aliphatic carbocycles. The number of carbonyl (C=O) groups excluding carboxylic acids is 1. The molecule has 19 heavy (non-hydrogen) atoms. The van der Waals surface area contributed by atoms with E-state index in [0.717, 1.165) is 42.7 Å². The van der Waals surface area contributed by atoms with Gasteiger partial charge in [0.05, 0.1) is 6.10 Å². The molecule has 1 unspecified atom stereocenters. The molecule has 0 bridgehead atoms. The van der Waals surface area contributed by atoms with Crippen LogP contribution in [0, 0.1) is 0 Å². The summed E-state index contributed by atoms with van der Waals surface area (Å²) in [5.74, 6) is 0.108. The Morgan fingerprint density at radius 1 is 1.53 bits per heavy atom. The Bertz CT molecular complexity index is 445. The summed E-state index contributed by atoms with van der Waals surface area (Å²) >= 11 is 3.44. The second kappa shape index (κ2) is 6.57. The number of ether oxygens (including phenoxy) is 1. The van der Waals surface area contributed by atoms with Crippen LogP contribution in [0.15, 0.2) is 16.7 Å². The quantitative estimate of drug-likeness (QED) is 0.855. The van der Waals surface area contributed by atoms with E-state index in [4.69, 9.17) is 4.74 Å². The predicted octanol–water partition coefficient (Wildman–Crippen LogP) is 2.91. The first-order valence-corrected chi connectivity index (χ1v) is 7.71. The number of nitrogens with zero attached hydrogens (tertiary/aromatic N) is 2. The lowest BCUT2D eigenvalue weighted by molar-refractivity contribution is 0.0456. The molecule has 2 rings (SSSR count). The monoisotopic (exact) mass is 328 g/mol. The third kappa shape index (κ3) is 3.39. The third-order valence-electron chi connectivity index (χ3n) is 3.52. The van der Waals surface area contributed by atoms with E-state index in [0.29, 0.717) is 6.54 Å². The normalized spacial score (nSPS) is 20.4. The summed E-state index contributed by atoms with van der Waals surface area (Å²) in [4.78, 5) is 14.6. The van der Waals surface area contributed by atoms with Gasteiger partial charge in [0.25, 0.3) is 5.91 Å². The molecule has 1 aliphatic rings. The molecule has 0 spiro atoms. The number of halogens is 1. The lowest BCUT2D eigenvalue weighted by atomic mass is 10.2. The molecule has 106 valence electrons. The highest BCUT2D eigenvalue weighted by molar-refractivity contribution is 9.10. The molecule has 0 saturated carbocycles. The van der Waals surface area contributed by atoms with E-state index in [2.05, 4.69) is 22.9 Å². The van der Waals surface area contributed by atoms with Crippen molar-refractivity contribution < 1.29 is 9.53 Å². The van der Waals surface area contributed by atoms with Crippen LogP contribution in [0.3, 0.4) is 0 Å². The number of rotatable bonds is 3. The van der Waals surface area contributed by atoms with E-state index < -0.39 is 0 Å². The highest BCUT2D eigenvalue weighted by atomic mass is 79.9. The fourth-order valence-corrected chi connectivity index (χ4v) is 2.87. The zero-order chi connectivity index (χ0) is 13.8. The van der Waals surface area contributed by atoms with Gasteiger partial charge in [-0.1, -0.05) is 6.92 Å². The molecule has 0 N–H and O–H groups in total. The maximum Gasteiger partial charge on any atom is 0.270 e. The van der Waals surface area contributed by atoms with Crippen LogP contribution in [0.2, 0.25) is 0 Å². The molecule has 4 nitrogen and oxygen atoms in total. The number of aryl methyl sites for hydroxylation is 1. The SMILES string of the molecule is CCC1CN(C(=O)c2cc(Br)cn2CC)CCCO1. The van der Waals surface area contributed by atoms with Gasteiger partial charge >= 0.3 is 0 Å². The summed E-state index contributed by atoms with van der Waals surface area (Å²) in [6, 6.07) is 1.90. The van der Waals surface area contributed by atoms with Crippen molar-refractivity contribution in [3.05, 3.63) is 22.4 Å². The van der Waals surface area contributed by atoms with E-state index in [-0.39, 0.29) is 12.0 Å². The summed E-state index contributed by atoms with van der Waals surface area (Å²) in [6.07, 6.45) is 3.98. The first-order chi connectivity index (χ1) is 9.15. The highest BCUT2D eigenvalue weighted by Crippen LogP contribution is 2.18. The number of carbonyl (C=O) groups is 1. The second-order valence-electron chi connectivity index (χ2n) is 4.84. The van der Waals surface area contributed by atoms with Crippen molar-refractivity contribution in [1.29, 1.82) is 0 Å². The van der Waals surface area contributed by atoms with Crippen LogP contribution in [-0.2, 0) is 11.3 Å². The van der Waals surface area contributed by atoms with Gasteiger partial charge < -0.3 is 14.2 Å². The van der Waals surface area contributed by atoms with Crippen LogP contribution in [0.4, 0.5) is 0 Å². The Balaban J connectivity index is 2.17. The molecule has 0 aromatic carbocycles. The van der Waals surface area contributed by atoms with Gasteiger partial charge in [0.15, 0.2) is 0 Å². The molecule has 1 aliphatic heterocycles. The number of aromatic nitrogens is 1. The standard InChI is InChI=1S/C14H21BrN2O2/c1-3-12-10-17(6-5-7-19-12)14(18)13-8-11(15)9-16(13)4-2/h8-9,12H,3-7,10H2,1-2H3. The summed E-state index contributed by atoms with van der Waals surface area (Å²) in [6.45, 7) is 7.17. The summed E-state index contributed by atoms with van der Waals surface area (Å²) in [7, 11) is 0. The Morgan fingerprint density at radius 3 is 3.00 bits per heavy atom. The average Bonchev–Trinajstić information content (AvgIpc) is 2.64. The second-order valence-corrected chi connectivity index (χ2v) is 5.75. The summed E-state index contributed by atoms with van der Waals surface area (Å²) in [5.41, 5.74) is 0.756. The average molecular weight is 329 g/mol. The van der Waals surface area contributed by atoms with Crippen molar-refractivity contribution in [3.8, 4) is 0 Å². The molecule has 5 heteroatoms. The number of hydrogen-bond acceptors (Lipinski definition) is 2. The zero-order valence-corrected chi connectivity index (χ0v) is 13.1. The Morgan fingerprint density at radius 2 is 2.32 bits per heavy atom. The van der Waals surface area contributed by atoms with Crippen molar-refractivity contribution in [3.63, 3.8) is 0 Å². The van der Waals surface area contributed by atoms with E-state index in [1.807, 2.05) is 28.7 Å². The molecule has 1 amide bonds. The molecule has 1 fully saturated rings. The Hall–Kier alpha value is -0.810. The van der Waals surface area contributed by atoms with Gasteiger partial charge in [-0.3, -0.25) is 4.79 Å². The van der Waals surface area contributed by atoms with Crippen molar-refractivity contribution in [1.82, 2.24) is 9.47 Å². The highest BCUT2D eigenvalue weighted by Gasteiger charge is 2.24. The van der Waals surface area contributed by atoms with Gasteiger partial charge in [-0.2, -0.15) is 0 Å². The van der Waals surface area contributed by atoms with Crippen LogP contribution in [0.25, 0.3) is 0 Å². The fraction of sp³-hybridized carbons (Fsp3) is 0.643. The largest absolute Gasteiger partial charge is 0.376 e. The smallest absolute Gasteiger partial charge is 0.270 e. The minimum atomic E-state index is 0.108. The number of hydrogen-bond donors (Lipinski definition) is 0. The van der Waals surface area contributed by atoms with Gasteiger partial charge in [-0.05, 0) is 41.8 Å². The van der Waals surface area contributed by atoms with Crippen LogP contribution >= 0.6 is 15.9 Å². The van der Waals surface area contributed by atoms with Crippen molar-refractivity contribution in [2.45, 2.75) is 39.3 Å². The van der Waals surface area contributed by atoms with Crippen LogP contribution in [0.1, 0.15) is 37.2 Å². The summed E-state index contributed by atoms with van der Waals surface area (Å²) < 4.78 is 8.66. The van der Waals surface area contributed by atoms with Crippen molar-refractivity contribution in [2.24, 2.45) is 0 Å². The Kier molecular flexibility index (Phi) is 5.05. The first-order valence-electron chi connectivity index (χ1n) is 6.92. The first kappa shape index (κ1) is 14.6. The lowest BCUT2D eigenvalue weighted by Crippen LogP contribution is -2.37. The topological polar surface area (TPSA) is 34.5 Å². The third-order valence-corrected chi connectivity index (χ3v) is 3.95.